The molecule has 6 nitrogen and oxygen atoms in total. The van der Waals surface area contributed by atoms with Gasteiger partial charge in [-0.3, -0.25) is 9.78 Å². The zero-order chi connectivity index (χ0) is 14.5. The number of hydrogen-bond acceptors (Lipinski definition) is 4. The second-order valence-corrected chi connectivity index (χ2v) is 4.69. The van der Waals surface area contributed by atoms with Gasteiger partial charge < -0.3 is 4.74 Å². The number of H-pyrrole nitrogens is 1. The Morgan fingerprint density at radius 1 is 1.37 bits per heavy atom. The second kappa shape index (κ2) is 6.17. The quantitative estimate of drug-likeness (QED) is 0.840. The Labute approximate surface area is 112 Å². The first-order chi connectivity index (χ1) is 8.87. The molecule has 104 valence electrons. The lowest BCUT2D eigenvalue weighted by molar-refractivity contribution is -0.150. The van der Waals surface area contributed by atoms with Gasteiger partial charge in [0.05, 0.1) is 12.8 Å². The molecule has 0 bridgehead atoms. The van der Waals surface area contributed by atoms with Crippen molar-refractivity contribution in [2.45, 2.75) is 33.2 Å². The first-order valence-electron chi connectivity index (χ1n) is 5.95. The molecule has 2 aromatic rings. The molecule has 6 heteroatoms. The smallest absolute Gasteiger partial charge is 0.333 e. The van der Waals surface area contributed by atoms with Crippen LogP contribution in [0, 0.1) is 13.8 Å². The fourth-order valence-electron chi connectivity index (χ4n) is 1.40. The monoisotopic (exact) mass is 264 g/mol. The number of nitrogens with zero attached hydrogens (tertiary/aromatic N) is 3. The number of methoxy groups -OCH3 is 1. The highest BCUT2D eigenvalue weighted by Gasteiger charge is 2.31. The summed E-state index contributed by atoms with van der Waals surface area (Å²) < 4.78 is 6.28. The number of ether oxygens (including phenoxy) is 1. The van der Waals surface area contributed by atoms with E-state index in [2.05, 4.69) is 20.0 Å². The molecule has 0 fully saturated rings. The van der Waals surface area contributed by atoms with Crippen molar-refractivity contribution in [3.05, 3.63) is 35.9 Å². The SMILES string of the molecule is COC(=O)C(C)(C)n1ccc(C)n1.Cc1ccn[nH]1. The van der Waals surface area contributed by atoms with E-state index in [0.717, 1.165) is 11.4 Å². The molecule has 0 saturated carbocycles. The largest absolute Gasteiger partial charge is 0.467 e. The molecular formula is C13H20N4O2. The summed E-state index contributed by atoms with van der Waals surface area (Å²) in [6, 6.07) is 3.77. The van der Waals surface area contributed by atoms with Crippen LogP contribution in [0.15, 0.2) is 24.5 Å². The number of carbonyl (C=O) groups is 1. The van der Waals surface area contributed by atoms with Crippen molar-refractivity contribution in [3.63, 3.8) is 0 Å². The molecule has 0 amide bonds. The van der Waals surface area contributed by atoms with Crippen LogP contribution in [-0.4, -0.2) is 33.1 Å². The van der Waals surface area contributed by atoms with Crippen LogP contribution in [0.5, 0.6) is 0 Å². The van der Waals surface area contributed by atoms with Gasteiger partial charge in [0.15, 0.2) is 5.54 Å². The van der Waals surface area contributed by atoms with Gasteiger partial charge in [-0.2, -0.15) is 10.2 Å². The minimum absolute atomic E-state index is 0.296. The molecule has 19 heavy (non-hydrogen) atoms. The molecule has 0 spiro atoms. The minimum atomic E-state index is -0.733. The molecule has 0 saturated heterocycles. The van der Waals surface area contributed by atoms with Gasteiger partial charge in [-0.25, -0.2) is 4.79 Å². The third-order valence-electron chi connectivity index (χ3n) is 2.62. The summed E-state index contributed by atoms with van der Waals surface area (Å²) in [5.74, 6) is -0.296. The average Bonchev–Trinajstić information content (AvgIpc) is 3.00. The van der Waals surface area contributed by atoms with Crippen LogP contribution in [0.4, 0.5) is 0 Å². The number of esters is 1. The van der Waals surface area contributed by atoms with Crippen LogP contribution in [0.3, 0.4) is 0 Å². The zero-order valence-corrected chi connectivity index (χ0v) is 12.0. The second-order valence-electron chi connectivity index (χ2n) is 4.69. The fraction of sp³-hybridized carbons (Fsp3) is 0.462. The maximum atomic E-state index is 11.4. The molecule has 2 aromatic heterocycles. The summed E-state index contributed by atoms with van der Waals surface area (Å²) in [4.78, 5) is 11.4. The highest BCUT2D eigenvalue weighted by atomic mass is 16.5. The van der Waals surface area contributed by atoms with E-state index in [0.29, 0.717) is 0 Å². The van der Waals surface area contributed by atoms with E-state index in [1.807, 2.05) is 26.0 Å². The summed E-state index contributed by atoms with van der Waals surface area (Å²) in [6.07, 6.45) is 3.50. The van der Waals surface area contributed by atoms with Crippen molar-refractivity contribution >= 4 is 5.97 Å². The Hall–Kier alpha value is -2.11. The van der Waals surface area contributed by atoms with Crippen molar-refractivity contribution < 1.29 is 9.53 Å². The van der Waals surface area contributed by atoms with Gasteiger partial charge in [0.25, 0.3) is 0 Å². The lowest BCUT2D eigenvalue weighted by Gasteiger charge is -2.21. The Morgan fingerprint density at radius 2 is 2.05 bits per heavy atom. The molecule has 0 aliphatic carbocycles. The molecule has 0 aliphatic heterocycles. The zero-order valence-electron chi connectivity index (χ0n) is 12.0. The van der Waals surface area contributed by atoms with Crippen LogP contribution < -0.4 is 0 Å². The van der Waals surface area contributed by atoms with E-state index in [1.54, 1.807) is 30.9 Å². The molecule has 2 heterocycles. The molecule has 2 rings (SSSR count). The Morgan fingerprint density at radius 3 is 2.37 bits per heavy atom. The van der Waals surface area contributed by atoms with E-state index in [-0.39, 0.29) is 5.97 Å². The summed E-state index contributed by atoms with van der Waals surface area (Å²) >= 11 is 0. The average molecular weight is 264 g/mol. The third-order valence-corrected chi connectivity index (χ3v) is 2.62. The van der Waals surface area contributed by atoms with Gasteiger partial charge in [-0.1, -0.05) is 0 Å². The van der Waals surface area contributed by atoms with E-state index in [9.17, 15) is 4.79 Å². The van der Waals surface area contributed by atoms with Crippen molar-refractivity contribution in [1.82, 2.24) is 20.0 Å². The minimum Gasteiger partial charge on any atom is -0.467 e. The lowest BCUT2D eigenvalue weighted by atomic mass is 10.1. The molecule has 1 N–H and O–H groups in total. The fourth-order valence-corrected chi connectivity index (χ4v) is 1.40. The summed E-state index contributed by atoms with van der Waals surface area (Å²) in [6.45, 7) is 7.38. The highest BCUT2D eigenvalue weighted by molar-refractivity contribution is 5.77. The number of aromatic nitrogens is 4. The van der Waals surface area contributed by atoms with Gasteiger partial charge in [0.2, 0.25) is 0 Å². The number of rotatable bonds is 2. The van der Waals surface area contributed by atoms with E-state index in [4.69, 9.17) is 0 Å². The molecule has 0 atom stereocenters. The lowest BCUT2D eigenvalue weighted by Crippen LogP contribution is -2.37. The van der Waals surface area contributed by atoms with Gasteiger partial charge in [-0.15, -0.1) is 0 Å². The molecule has 0 aliphatic rings. The molecule has 0 aromatic carbocycles. The molecule has 0 radical (unpaired) electrons. The Kier molecular flexibility index (Phi) is 4.86. The first-order valence-corrected chi connectivity index (χ1v) is 5.95. The predicted octanol–water partition coefficient (Wildman–Crippen LogP) is 1.82. The van der Waals surface area contributed by atoms with Crippen LogP contribution in [0.25, 0.3) is 0 Å². The van der Waals surface area contributed by atoms with Crippen LogP contribution in [0.1, 0.15) is 25.2 Å². The maximum Gasteiger partial charge on any atom is 0.333 e. The van der Waals surface area contributed by atoms with E-state index >= 15 is 0 Å². The van der Waals surface area contributed by atoms with E-state index in [1.165, 1.54) is 7.11 Å². The Balaban J connectivity index is 0.000000250. The summed E-state index contributed by atoms with van der Waals surface area (Å²) in [7, 11) is 1.38. The normalized spacial score (nSPS) is 10.6. The van der Waals surface area contributed by atoms with Gasteiger partial charge in [-0.05, 0) is 39.8 Å². The van der Waals surface area contributed by atoms with Crippen LogP contribution in [0.2, 0.25) is 0 Å². The Bertz CT molecular complexity index is 514. The third kappa shape index (κ3) is 3.94. The number of hydrogen-bond donors (Lipinski definition) is 1. The van der Waals surface area contributed by atoms with Crippen molar-refractivity contribution in [2.75, 3.05) is 7.11 Å². The van der Waals surface area contributed by atoms with Gasteiger partial charge in [0, 0.05) is 18.1 Å². The van der Waals surface area contributed by atoms with Crippen LogP contribution >= 0.6 is 0 Å². The molecular weight excluding hydrogens is 244 g/mol. The van der Waals surface area contributed by atoms with Gasteiger partial charge >= 0.3 is 5.97 Å². The number of aryl methyl sites for hydroxylation is 2. The van der Waals surface area contributed by atoms with Gasteiger partial charge in [0.1, 0.15) is 0 Å². The summed E-state index contributed by atoms with van der Waals surface area (Å²) in [5.41, 5.74) is 1.26. The predicted molar refractivity (Wildman–Crippen MR) is 71.6 cm³/mol. The van der Waals surface area contributed by atoms with Crippen LogP contribution in [-0.2, 0) is 15.1 Å². The molecule has 0 unspecified atom stereocenters. The van der Waals surface area contributed by atoms with Crippen molar-refractivity contribution in [1.29, 1.82) is 0 Å². The van der Waals surface area contributed by atoms with Crippen molar-refractivity contribution in [2.24, 2.45) is 0 Å². The number of aromatic amines is 1. The topological polar surface area (TPSA) is 72.8 Å². The van der Waals surface area contributed by atoms with Crippen molar-refractivity contribution in [3.8, 4) is 0 Å². The summed E-state index contributed by atoms with van der Waals surface area (Å²) in [5, 5.41) is 10.6. The number of carbonyl (C=O) groups excluding carboxylic acids is 1. The maximum absolute atomic E-state index is 11.4. The van der Waals surface area contributed by atoms with E-state index < -0.39 is 5.54 Å². The standard InChI is InChI=1S/C9H14N2O2.C4H6N2/c1-7-5-6-11(10-7)9(2,3)8(12)13-4;1-4-2-3-5-6-4/h5-6H,1-4H3;2-3H,1H3,(H,5,6). The first kappa shape index (κ1) is 14.9. The highest BCUT2D eigenvalue weighted by Crippen LogP contribution is 2.15. The number of nitrogens with one attached hydrogen (secondary N) is 1.